The van der Waals surface area contributed by atoms with Crippen LogP contribution in [0.3, 0.4) is 0 Å². The summed E-state index contributed by atoms with van der Waals surface area (Å²) in [6.45, 7) is 0. The van der Waals surface area contributed by atoms with E-state index in [0.717, 1.165) is 28.0 Å². The summed E-state index contributed by atoms with van der Waals surface area (Å²) in [6.07, 6.45) is 7.29. The van der Waals surface area contributed by atoms with Gasteiger partial charge in [-0.25, -0.2) is 9.50 Å². The summed E-state index contributed by atoms with van der Waals surface area (Å²) < 4.78 is 1.86. The fourth-order valence-electron chi connectivity index (χ4n) is 2.37. The first-order chi connectivity index (χ1) is 10.4. The lowest BCUT2D eigenvalue weighted by atomic mass is 10.1. The molecule has 21 heavy (non-hydrogen) atoms. The van der Waals surface area contributed by atoms with E-state index in [1.165, 1.54) is 0 Å². The van der Waals surface area contributed by atoms with Gasteiger partial charge in [-0.05, 0) is 12.1 Å². The van der Waals surface area contributed by atoms with E-state index in [4.69, 9.17) is 0 Å². The lowest BCUT2D eigenvalue weighted by Gasteiger charge is -2.03. The molecule has 4 nitrogen and oxygen atoms in total. The molecule has 0 aliphatic carbocycles. The van der Waals surface area contributed by atoms with Crippen molar-refractivity contribution in [3.63, 3.8) is 0 Å². The maximum atomic E-state index is 4.52. The van der Waals surface area contributed by atoms with Crippen LogP contribution in [0.4, 0.5) is 0 Å². The van der Waals surface area contributed by atoms with E-state index in [1.54, 1.807) is 6.20 Å². The molecule has 4 aromatic rings. The molecule has 100 valence electrons. The predicted octanol–water partition coefficient (Wildman–Crippen LogP) is 3.46. The summed E-state index contributed by atoms with van der Waals surface area (Å²) in [6, 6.07) is 16.1. The van der Waals surface area contributed by atoms with E-state index in [2.05, 4.69) is 27.2 Å². The molecule has 4 rings (SSSR count). The zero-order chi connectivity index (χ0) is 14.1. The molecule has 0 bridgehead atoms. The van der Waals surface area contributed by atoms with Crippen LogP contribution in [0.1, 0.15) is 0 Å². The van der Waals surface area contributed by atoms with E-state index >= 15 is 0 Å². The number of hydrogen-bond donors (Lipinski definition) is 0. The number of fused-ring (bicyclic) bond motifs is 1. The Hall–Kier alpha value is -3.01. The van der Waals surface area contributed by atoms with Crippen molar-refractivity contribution in [2.45, 2.75) is 0 Å². The highest BCUT2D eigenvalue weighted by Gasteiger charge is 2.08. The SMILES string of the molecule is c1ccc(-c2cnc3cc(-c4cccnc4)cnn23)cc1. The Morgan fingerprint density at radius 1 is 0.762 bits per heavy atom. The van der Waals surface area contributed by atoms with Crippen LogP contribution in [0.25, 0.3) is 28.0 Å². The molecule has 0 radical (unpaired) electrons. The molecule has 3 heterocycles. The van der Waals surface area contributed by atoms with Gasteiger partial charge in [-0.2, -0.15) is 5.10 Å². The number of rotatable bonds is 2. The summed E-state index contributed by atoms with van der Waals surface area (Å²) in [4.78, 5) is 8.60. The van der Waals surface area contributed by atoms with Crippen LogP contribution in [-0.2, 0) is 0 Å². The van der Waals surface area contributed by atoms with Gasteiger partial charge < -0.3 is 0 Å². The minimum atomic E-state index is 0.829. The van der Waals surface area contributed by atoms with Crippen molar-refractivity contribution in [3.05, 3.63) is 73.3 Å². The molecule has 0 fully saturated rings. The van der Waals surface area contributed by atoms with Crippen molar-refractivity contribution in [1.29, 1.82) is 0 Å². The zero-order valence-corrected chi connectivity index (χ0v) is 11.2. The Labute approximate surface area is 121 Å². The summed E-state index contributed by atoms with van der Waals surface area (Å²) in [7, 11) is 0. The normalized spacial score (nSPS) is 10.9. The molecule has 0 N–H and O–H groups in total. The first kappa shape index (κ1) is 11.8. The lowest BCUT2D eigenvalue weighted by Crippen LogP contribution is -1.94. The topological polar surface area (TPSA) is 43.1 Å². The number of benzene rings is 1. The highest BCUT2D eigenvalue weighted by molar-refractivity contribution is 5.68. The fourth-order valence-corrected chi connectivity index (χ4v) is 2.37. The lowest BCUT2D eigenvalue weighted by molar-refractivity contribution is 0.944. The van der Waals surface area contributed by atoms with Gasteiger partial charge in [0, 0.05) is 29.1 Å². The summed E-state index contributed by atoms with van der Waals surface area (Å²) in [5, 5.41) is 4.52. The van der Waals surface area contributed by atoms with E-state index in [0.29, 0.717) is 0 Å². The van der Waals surface area contributed by atoms with Gasteiger partial charge in [0.25, 0.3) is 0 Å². The Balaban J connectivity index is 1.85. The molecule has 0 amide bonds. The molecule has 3 aromatic heterocycles. The number of hydrogen-bond acceptors (Lipinski definition) is 3. The molecule has 4 heteroatoms. The molecule has 0 spiro atoms. The molecule has 0 aliphatic rings. The van der Waals surface area contributed by atoms with Crippen molar-refractivity contribution >= 4 is 5.65 Å². The predicted molar refractivity (Wildman–Crippen MR) is 81.7 cm³/mol. The van der Waals surface area contributed by atoms with Crippen LogP contribution >= 0.6 is 0 Å². The van der Waals surface area contributed by atoms with E-state index in [1.807, 2.05) is 59.5 Å². The number of pyridine rings is 1. The van der Waals surface area contributed by atoms with Gasteiger partial charge in [-0.15, -0.1) is 0 Å². The zero-order valence-electron chi connectivity index (χ0n) is 11.2. The number of aromatic nitrogens is 4. The van der Waals surface area contributed by atoms with Crippen LogP contribution in [0.15, 0.2) is 73.3 Å². The number of nitrogens with zero attached hydrogens (tertiary/aromatic N) is 4. The minimum absolute atomic E-state index is 0.829. The molecular weight excluding hydrogens is 260 g/mol. The van der Waals surface area contributed by atoms with Crippen LogP contribution in [0.2, 0.25) is 0 Å². The Bertz CT molecular complexity index is 882. The van der Waals surface area contributed by atoms with Crippen LogP contribution in [-0.4, -0.2) is 19.6 Å². The molecule has 1 aromatic carbocycles. The molecule has 0 aliphatic heterocycles. The molecule has 0 saturated heterocycles. The third-order valence-corrected chi connectivity index (χ3v) is 3.43. The van der Waals surface area contributed by atoms with Gasteiger partial charge in [-0.1, -0.05) is 36.4 Å². The molecule has 0 saturated carbocycles. The van der Waals surface area contributed by atoms with Gasteiger partial charge in [0.2, 0.25) is 0 Å². The van der Waals surface area contributed by atoms with Crippen molar-refractivity contribution in [2.75, 3.05) is 0 Å². The number of imidazole rings is 1. The van der Waals surface area contributed by atoms with Crippen LogP contribution in [0, 0.1) is 0 Å². The maximum Gasteiger partial charge on any atom is 0.154 e. The fraction of sp³-hybridized carbons (Fsp3) is 0. The molecule has 0 unspecified atom stereocenters. The maximum absolute atomic E-state index is 4.52. The quantitative estimate of drug-likeness (QED) is 0.561. The van der Waals surface area contributed by atoms with Crippen LogP contribution < -0.4 is 0 Å². The highest BCUT2D eigenvalue weighted by Crippen LogP contribution is 2.23. The molecule has 0 atom stereocenters. The van der Waals surface area contributed by atoms with Gasteiger partial charge in [-0.3, -0.25) is 4.98 Å². The second kappa shape index (κ2) is 4.83. The molecular formula is C17H12N4. The second-order valence-corrected chi connectivity index (χ2v) is 4.77. The van der Waals surface area contributed by atoms with Gasteiger partial charge >= 0.3 is 0 Å². The Morgan fingerprint density at radius 2 is 1.62 bits per heavy atom. The van der Waals surface area contributed by atoms with Crippen molar-refractivity contribution < 1.29 is 0 Å². The van der Waals surface area contributed by atoms with Crippen molar-refractivity contribution in [2.24, 2.45) is 0 Å². The monoisotopic (exact) mass is 272 g/mol. The minimum Gasteiger partial charge on any atom is -0.264 e. The summed E-state index contributed by atoms with van der Waals surface area (Å²) >= 11 is 0. The second-order valence-electron chi connectivity index (χ2n) is 4.77. The summed E-state index contributed by atoms with van der Waals surface area (Å²) in [5.41, 5.74) is 4.97. The first-order valence-electron chi connectivity index (χ1n) is 6.71. The Morgan fingerprint density at radius 3 is 2.43 bits per heavy atom. The van der Waals surface area contributed by atoms with E-state index in [-0.39, 0.29) is 0 Å². The standard InChI is InChI=1S/C17H12N4/c1-2-5-13(6-3-1)16-12-19-17-9-15(11-20-21(16)17)14-7-4-8-18-10-14/h1-12H. The van der Waals surface area contributed by atoms with E-state index < -0.39 is 0 Å². The highest BCUT2D eigenvalue weighted by atomic mass is 15.2. The smallest absolute Gasteiger partial charge is 0.154 e. The van der Waals surface area contributed by atoms with Crippen molar-refractivity contribution in [1.82, 2.24) is 19.6 Å². The first-order valence-corrected chi connectivity index (χ1v) is 6.71. The van der Waals surface area contributed by atoms with Gasteiger partial charge in [0.1, 0.15) is 0 Å². The van der Waals surface area contributed by atoms with Gasteiger partial charge in [0.15, 0.2) is 5.65 Å². The van der Waals surface area contributed by atoms with Gasteiger partial charge in [0.05, 0.1) is 18.1 Å². The van der Waals surface area contributed by atoms with Crippen LogP contribution in [0.5, 0.6) is 0 Å². The summed E-state index contributed by atoms with van der Waals surface area (Å²) in [5.74, 6) is 0. The third-order valence-electron chi connectivity index (χ3n) is 3.43. The van der Waals surface area contributed by atoms with Crippen molar-refractivity contribution in [3.8, 4) is 22.4 Å². The Kier molecular flexibility index (Phi) is 2.71. The third kappa shape index (κ3) is 2.07. The average Bonchev–Trinajstić information content (AvgIpc) is 2.99. The average molecular weight is 272 g/mol. The largest absolute Gasteiger partial charge is 0.264 e. The van der Waals surface area contributed by atoms with E-state index in [9.17, 15) is 0 Å².